The average Bonchev–Trinajstić information content (AvgIpc) is 3.49. The number of aromatic nitrogens is 1. The number of ether oxygens (including phenoxy) is 2. The molecule has 0 spiro atoms. The average molecular weight is 453 g/mol. The third-order valence-electron chi connectivity index (χ3n) is 6.20. The van der Waals surface area contributed by atoms with E-state index >= 15 is 0 Å². The molecule has 2 aliphatic heterocycles. The zero-order valence-corrected chi connectivity index (χ0v) is 19.3. The van der Waals surface area contributed by atoms with E-state index in [0.717, 1.165) is 47.6 Å². The van der Waals surface area contributed by atoms with Crippen molar-refractivity contribution in [3.8, 4) is 5.75 Å². The lowest BCUT2D eigenvalue weighted by Crippen LogP contribution is -2.36. The fourth-order valence-corrected chi connectivity index (χ4v) is 5.50. The van der Waals surface area contributed by atoms with Crippen LogP contribution >= 0.6 is 11.3 Å². The molecule has 1 aromatic heterocycles. The van der Waals surface area contributed by atoms with Gasteiger partial charge < -0.3 is 19.3 Å². The van der Waals surface area contributed by atoms with Crippen LogP contribution in [0.4, 0.5) is 16.5 Å². The largest absolute Gasteiger partial charge is 0.494 e. The number of aryl methyl sites for hydroxylation is 1. The molecule has 0 bridgehead atoms. The lowest BCUT2D eigenvalue weighted by Gasteiger charge is -2.29. The molecule has 0 atom stereocenters. The third kappa shape index (κ3) is 4.00. The molecule has 0 aliphatic carbocycles. The van der Waals surface area contributed by atoms with Crippen LogP contribution in [0.15, 0.2) is 30.3 Å². The second kappa shape index (κ2) is 8.96. The molecule has 5 rings (SSSR count). The number of fused-ring (bicyclic) bond motifs is 1. The summed E-state index contributed by atoms with van der Waals surface area (Å²) in [6, 6.07) is 10.1. The maximum Gasteiger partial charge on any atom is 0.257 e. The van der Waals surface area contributed by atoms with Crippen molar-refractivity contribution in [3.63, 3.8) is 0 Å². The normalized spacial score (nSPS) is 16.6. The van der Waals surface area contributed by atoms with Gasteiger partial charge in [-0.25, -0.2) is 4.98 Å². The summed E-state index contributed by atoms with van der Waals surface area (Å²) in [5.41, 5.74) is 4.72. The Hall–Kier alpha value is -2.84. The Morgan fingerprint density at radius 2 is 1.88 bits per heavy atom. The molecule has 7 nitrogen and oxygen atoms in total. The van der Waals surface area contributed by atoms with Crippen LogP contribution in [0.5, 0.6) is 5.75 Å². The Kier molecular flexibility index (Phi) is 5.89. The lowest BCUT2D eigenvalue weighted by molar-refractivity contribution is 0.102. The first-order valence-corrected chi connectivity index (χ1v) is 11.9. The summed E-state index contributed by atoms with van der Waals surface area (Å²) in [5.74, 6) is 0.571. The summed E-state index contributed by atoms with van der Waals surface area (Å²) in [5, 5.41) is 3.59. The van der Waals surface area contributed by atoms with E-state index in [-0.39, 0.29) is 5.91 Å². The number of morpholine rings is 1. The molecule has 2 aromatic carbocycles. The number of thiazole rings is 1. The molecule has 8 heteroatoms. The van der Waals surface area contributed by atoms with E-state index < -0.39 is 0 Å². The van der Waals surface area contributed by atoms with Gasteiger partial charge in [0.15, 0.2) is 5.13 Å². The minimum atomic E-state index is -0.138. The molecule has 0 saturated carbocycles. The molecule has 0 radical (unpaired) electrons. The van der Waals surface area contributed by atoms with Crippen molar-refractivity contribution in [2.24, 2.45) is 0 Å². The van der Waals surface area contributed by atoms with Gasteiger partial charge in [-0.15, -0.1) is 0 Å². The van der Waals surface area contributed by atoms with Gasteiger partial charge in [-0.2, -0.15) is 0 Å². The second-order valence-corrected chi connectivity index (χ2v) is 9.23. The third-order valence-corrected chi connectivity index (χ3v) is 7.20. The monoisotopic (exact) mass is 452 g/mol. The minimum Gasteiger partial charge on any atom is -0.494 e. The molecule has 1 N–H and O–H groups in total. The fourth-order valence-electron chi connectivity index (χ4n) is 4.48. The Morgan fingerprint density at radius 3 is 2.59 bits per heavy atom. The van der Waals surface area contributed by atoms with E-state index in [1.165, 1.54) is 29.9 Å². The minimum absolute atomic E-state index is 0.138. The van der Waals surface area contributed by atoms with Crippen LogP contribution in [0, 0.1) is 6.92 Å². The number of amides is 1. The summed E-state index contributed by atoms with van der Waals surface area (Å²) < 4.78 is 12.1. The predicted molar refractivity (Wildman–Crippen MR) is 130 cm³/mol. The second-order valence-electron chi connectivity index (χ2n) is 8.23. The first-order chi connectivity index (χ1) is 15.6. The van der Waals surface area contributed by atoms with Crippen molar-refractivity contribution in [2.45, 2.75) is 19.8 Å². The van der Waals surface area contributed by atoms with Crippen LogP contribution in [0.2, 0.25) is 0 Å². The van der Waals surface area contributed by atoms with Gasteiger partial charge in [-0.3, -0.25) is 10.1 Å². The molecule has 2 saturated heterocycles. The van der Waals surface area contributed by atoms with Crippen molar-refractivity contribution < 1.29 is 14.3 Å². The summed E-state index contributed by atoms with van der Waals surface area (Å²) in [4.78, 5) is 22.5. The van der Waals surface area contributed by atoms with Crippen molar-refractivity contribution >= 4 is 44.0 Å². The van der Waals surface area contributed by atoms with Gasteiger partial charge in [-0.1, -0.05) is 11.3 Å². The van der Waals surface area contributed by atoms with E-state index in [1.54, 1.807) is 7.11 Å². The molecular formula is C24H28N4O3S. The summed E-state index contributed by atoms with van der Waals surface area (Å²) >= 11 is 1.49. The van der Waals surface area contributed by atoms with Crippen molar-refractivity contribution in [1.29, 1.82) is 0 Å². The van der Waals surface area contributed by atoms with Crippen LogP contribution in [-0.4, -0.2) is 57.4 Å². The number of nitrogens with zero attached hydrogens (tertiary/aromatic N) is 3. The number of hydrogen-bond donors (Lipinski definition) is 1. The fraction of sp³-hybridized carbons (Fsp3) is 0.417. The number of rotatable bonds is 5. The van der Waals surface area contributed by atoms with Crippen molar-refractivity contribution in [2.75, 3.05) is 61.6 Å². The van der Waals surface area contributed by atoms with E-state index in [1.807, 2.05) is 25.1 Å². The SMILES string of the molecule is COc1ccc(N2CCOCC2)c2sc(NC(=O)c3ccc(N4CCCC4)cc3C)nc12. The number of anilines is 3. The summed E-state index contributed by atoms with van der Waals surface area (Å²) in [6.07, 6.45) is 2.46. The first-order valence-electron chi connectivity index (χ1n) is 11.1. The van der Waals surface area contributed by atoms with Crippen LogP contribution in [0.1, 0.15) is 28.8 Å². The quantitative estimate of drug-likeness (QED) is 0.623. The van der Waals surface area contributed by atoms with Crippen molar-refractivity contribution in [1.82, 2.24) is 4.98 Å². The molecule has 0 unspecified atom stereocenters. The van der Waals surface area contributed by atoms with Crippen LogP contribution in [-0.2, 0) is 4.74 Å². The molecular weight excluding hydrogens is 424 g/mol. The summed E-state index contributed by atoms with van der Waals surface area (Å²) in [7, 11) is 1.64. The Balaban J connectivity index is 1.41. The first kappa shape index (κ1) is 21.0. The van der Waals surface area contributed by atoms with Gasteiger partial charge in [-0.05, 0) is 55.7 Å². The molecule has 32 heavy (non-hydrogen) atoms. The lowest BCUT2D eigenvalue weighted by atomic mass is 10.1. The van der Waals surface area contributed by atoms with Gasteiger partial charge in [0.05, 0.1) is 30.7 Å². The standard InChI is InChI=1S/C24H28N4O3S/c1-16-15-17(27-9-3-4-10-27)5-6-18(16)23(29)26-24-25-21-20(30-2)8-7-19(22(21)32-24)28-11-13-31-14-12-28/h5-8,15H,3-4,9-14H2,1-2H3,(H,25,26,29). The molecule has 3 heterocycles. The van der Waals surface area contributed by atoms with Gasteiger partial charge in [0, 0.05) is 37.4 Å². The number of methoxy groups -OCH3 is 1. The number of nitrogens with one attached hydrogen (secondary N) is 1. The highest BCUT2D eigenvalue weighted by Gasteiger charge is 2.21. The zero-order chi connectivity index (χ0) is 22.1. The van der Waals surface area contributed by atoms with Gasteiger partial charge in [0.2, 0.25) is 0 Å². The smallest absolute Gasteiger partial charge is 0.257 e. The van der Waals surface area contributed by atoms with Crippen LogP contribution < -0.4 is 19.9 Å². The molecule has 2 fully saturated rings. The van der Waals surface area contributed by atoms with E-state index in [4.69, 9.17) is 14.5 Å². The van der Waals surface area contributed by atoms with Crippen LogP contribution in [0.25, 0.3) is 10.2 Å². The Morgan fingerprint density at radius 1 is 1.09 bits per heavy atom. The van der Waals surface area contributed by atoms with E-state index in [9.17, 15) is 4.79 Å². The van der Waals surface area contributed by atoms with Crippen LogP contribution in [0.3, 0.4) is 0 Å². The predicted octanol–water partition coefficient (Wildman–Crippen LogP) is 4.30. The Labute approximate surface area is 191 Å². The molecule has 168 valence electrons. The zero-order valence-electron chi connectivity index (χ0n) is 18.5. The van der Waals surface area contributed by atoms with Gasteiger partial charge >= 0.3 is 0 Å². The highest BCUT2D eigenvalue weighted by molar-refractivity contribution is 7.23. The van der Waals surface area contributed by atoms with Gasteiger partial charge in [0.1, 0.15) is 11.3 Å². The maximum atomic E-state index is 13.1. The highest BCUT2D eigenvalue weighted by Crippen LogP contribution is 2.39. The number of benzene rings is 2. The number of carbonyl (C=O) groups is 1. The summed E-state index contributed by atoms with van der Waals surface area (Å²) in [6.45, 7) is 7.26. The molecule has 2 aliphatic rings. The topological polar surface area (TPSA) is 66.9 Å². The highest BCUT2D eigenvalue weighted by atomic mass is 32.1. The molecule has 1 amide bonds. The Bertz CT molecular complexity index is 1130. The van der Waals surface area contributed by atoms with E-state index in [0.29, 0.717) is 29.7 Å². The maximum absolute atomic E-state index is 13.1. The van der Waals surface area contributed by atoms with Gasteiger partial charge in [0.25, 0.3) is 5.91 Å². The number of carbonyl (C=O) groups excluding carboxylic acids is 1. The van der Waals surface area contributed by atoms with E-state index in [2.05, 4.69) is 27.2 Å². The molecule has 3 aromatic rings. The van der Waals surface area contributed by atoms with Crippen molar-refractivity contribution in [3.05, 3.63) is 41.5 Å². The number of hydrogen-bond acceptors (Lipinski definition) is 7.